The van der Waals surface area contributed by atoms with Crippen molar-refractivity contribution in [3.8, 4) is 0 Å². The number of halogens is 2. The van der Waals surface area contributed by atoms with E-state index in [9.17, 15) is 0 Å². The lowest BCUT2D eigenvalue weighted by Gasteiger charge is -2.16. The van der Waals surface area contributed by atoms with Crippen LogP contribution < -0.4 is 5.32 Å². The van der Waals surface area contributed by atoms with E-state index in [4.69, 9.17) is 23.2 Å². The van der Waals surface area contributed by atoms with Crippen LogP contribution in [-0.2, 0) is 0 Å². The van der Waals surface area contributed by atoms with Gasteiger partial charge in [-0.2, -0.15) is 0 Å². The van der Waals surface area contributed by atoms with E-state index in [0.29, 0.717) is 5.02 Å². The third-order valence-corrected chi connectivity index (χ3v) is 3.16. The Balaban J connectivity index is 2.55. The third-order valence-electron chi connectivity index (χ3n) is 2.60. The van der Waals surface area contributed by atoms with Gasteiger partial charge in [0.05, 0.1) is 0 Å². The second-order valence-corrected chi connectivity index (χ2v) is 5.37. The number of rotatable bonds is 5. The van der Waals surface area contributed by atoms with Crippen molar-refractivity contribution in [3.63, 3.8) is 0 Å². The maximum atomic E-state index is 6.14. The van der Waals surface area contributed by atoms with Crippen LogP contribution in [0, 0.1) is 5.92 Å². The smallest absolute Gasteiger partial charge is 0.0468 e. The first-order chi connectivity index (χ1) is 7.50. The average Bonchev–Trinajstić information content (AvgIpc) is 2.16. The van der Waals surface area contributed by atoms with Crippen LogP contribution >= 0.6 is 23.2 Å². The molecular weight excluding hydrogens is 241 g/mol. The van der Waals surface area contributed by atoms with E-state index < -0.39 is 0 Å². The fraction of sp³-hybridized carbons (Fsp3) is 0.538. The van der Waals surface area contributed by atoms with Gasteiger partial charge in [0.25, 0.3) is 0 Å². The summed E-state index contributed by atoms with van der Waals surface area (Å²) < 4.78 is 0. The highest BCUT2D eigenvalue weighted by molar-refractivity contribution is 6.35. The molecule has 0 amide bonds. The lowest BCUT2D eigenvalue weighted by atomic mass is 10.1. The highest BCUT2D eigenvalue weighted by Gasteiger charge is 2.09. The minimum atomic E-state index is 0.267. The summed E-state index contributed by atoms with van der Waals surface area (Å²) >= 11 is 12.0. The normalized spacial score (nSPS) is 13.1. The Kier molecular flexibility index (Phi) is 5.60. The maximum Gasteiger partial charge on any atom is 0.0468 e. The maximum absolute atomic E-state index is 6.14. The molecule has 3 heteroatoms. The molecule has 90 valence electrons. The van der Waals surface area contributed by atoms with Crippen molar-refractivity contribution in [1.29, 1.82) is 0 Å². The molecule has 0 saturated heterocycles. The Morgan fingerprint density at radius 1 is 1.19 bits per heavy atom. The number of hydrogen-bond donors (Lipinski definition) is 1. The first kappa shape index (κ1) is 13.8. The van der Waals surface area contributed by atoms with Crippen molar-refractivity contribution < 1.29 is 0 Å². The Labute approximate surface area is 108 Å². The van der Waals surface area contributed by atoms with E-state index in [1.54, 1.807) is 6.07 Å². The molecule has 0 radical (unpaired) electrons. The van der Waals surface area contributed by atoms with Gasteiger partial charge in [0.15, 0.2) is 0 Å². The van der Waals surface area contributed by atoms with Gasteiger partial charge in [-0.3, -0.25) is 0 Å². The zero-order valence-electron chi connectivity index (χ0n) is 10.1. The lowest BCUT2D eigenvalue weighted by Crippen LogP contribution is -2.21. The predicted octanol–water partition coefficient (Wildman–Crippen LogP) is 4.69. The summed E-state index contributed by atoms with van der Waals surface area (Å²) in [6, 6.07) is 5.92. The zero-order chi connectivity index (χ0) is 12.1. The van der Waals surface area contributed by atoms with Crippen molar-refractivity contribution in [2.45, 2.75) is 33.2 Å². The van der Waals surface area contributed by atoms with Gasteiger partial charge >= 0.3 is 0 Å². The average molecular weight is 260 g/mol. The van der Waals surface area contributed by atoms with Crippen molar-refractivity contribution in [2.24, 2.45) is 5.92 Å². The monoisotopic (exact) mass is 259 g/mol. The SMILES string of the molecule is CC(C)CCNC(C)c1ccc(Cl)cc1Cl. The van der Waals surface area contributed by atoms with Gasteiger partial charge in [0.2, 0.25) is 0 Å². The van der Waals surface area contributed by atoms with Gasteiger partial charge in [0, 0.05) is 16.1 Å². The second-order valence-electron chi connectivity index (χ2n) is 4.52. The van der Waals surface area contributed by atoms with Crippen LogP contribution in [0.3, 0.4) is 0 Å². The van der Waals surface area contributed by atoms with Crippen molar-refractivity contribution in [3.05, 3.63) is 33.8 Å². The Hall–Kier alpha value is -0.240. The van der Waals surface area contributed by atoms with E-state index in [1.807, 2.05) is 12.1 Å². The molecule has 0 spiro atoms. The van der Waals surface area contributed by atoms with Gasteiger partial charge in [-0.05, 0) is 43.5 Å². The fourth-order valence-electron chi connectivity index (χ4n) is 1.55. The summed E-state index contributed by atoms with van der Waals surface area (Å²) in [5.74, 6) is 0.723. The molecular formula is C13H19Cl2N. The fourth-order valence-corrected chi connectivity index (χ4v) is 2.12. The molecule has 1 unspecified atom stereocenters. The molecule has 0 aliphatic rings. The van der Waals surface area contributed by atoms with Crippen LogP contribution in [0.25, 0.3) is 0 Å². The largest absolute Gasteiger partial charge is 0.310 e. The molecule has 0 saturated carbocycles. The molecule has 0 bridgehead atoms. The summed E-state index contributed by atoms with van der Waals surface area (Å²) in [6.45, 7) is 7.58. The number of benzene rings is 1. The minimum absolute atomic E-state index is 0.267. The van der Waals surface area contributed by atoms with Crippen LogP contribution in [0.15, 0.2) is 18.2 Å². The van der Waals surface area contributed by atoms with Crippen molar-refractivity contribution >= 4 is 23.2 Å². The number of hydrogen-bond acceptors (Lipinski definition) is 1. The molecule has 0 aliphatic carbocycles. The second kappa shape index (κ2) is 6.48. The molecule has 1 rings (SSSR count). The van der Waals surface area contributed by atoms with Gasteiger partial charge < -0.3 is 5.32 Å². The van der Waals surface area contributed by atoms with Crippen LogP contribution in [0.2, 0.25) is 10.0 Å². The Morgan fingerprint density at radius 2 is 1.88 bits per heavy atom. The zero-order valence-corrected chi connectivity index (χ0v) is 11.6. The topological polar surface area (TPSA) is 12.0 Å². The summed E-state index contributed by atoms with van der Waals surface area (Å²) in [6.07, 6.45) is 1.18. The quantitative estimate of drug-likeness (QED) is 0.809. The van der Waals surface area contributed by atoms with E-state index in [-0.39, 0.29) is 6.04 Å². The molecule has 0 fully saturated rings. The van der Waals surface area contributed by atoms with Crippen LogP contribution in [0.5, 0.6) is 0 Å². The highest BCUT2D eigenvalue weighted by Crippen LogP contribution is 2.25. The minimum Gasteiger partial charge on any atom is -0.310 e. The Morgan fingerprint density at radius 3 is 2.44 bits per heavy atom. The van der Waals surface area contributed by atoms with Crippen LogP contribution in [0.1, 0.15) is 38.8 Å². The van der Waals surface area contributed by atoms with Gasteiger partial charge in [-0.15, -0.1) is 0 Å². The standard InChI is InChI=1S/C13H19Cl2N/c1-9(2)6-7-16-10(3)12-5-4-11(14)8-13(12)15/h4-5,8-10,16H,6-7H2,1-3H3. The summed E-state index contributed by atoms with van der Waals surface area (Å²) in [7, 11) is 0. The predicted molar refractivity (Wildman–Crippen MR) is 72.3 cm³/mol. The summed E-state index contributed by atoms with van der Waals surface area (Å²) in [4.78, 5) is 0. The molecule has 1 aromatic carbocycles. The van der Waals surface area contributed by atoms with Gasteiger partial charge in [-0.25, -0.2) is 0 Å². The molecule has 1 atom stereocenters. The van der Waals surface area contributed by atoms with Crippen molar-refractivity contribution in [1.82, 2.24) is 5.32 Å². The Bertz CT molecular complexity index is 337. The van der Waals surface area contributed by atoms with E-state index in [2.05, 4.69) is 26.1 Å². The molecule has 16 heavy (non-hydrogen) atoms. The van der Waals surface area contributed by atoms with Gasteiger partial charge in [-0.1, -0.05) is 43.1 Å². The molecule has 0 aromatic heterocycles. The summed E-state index contributed by atoms with van der Waals surface area (Å²) in [5.41, 5.74) is 1.11. The van der Waals surface area contributed by atoms with Crippen LogP contribution in [-0.4, -0.2) is 6.54 Å². The van der Waals surface area contributed by atoms with E-state index in [1.165, 1.54) is 6.42 Å². The lowest BCUT2D eigenvalue weighted by molar-refractivity contribution is 0.497. The first-order valence-corrected chi connectivity index (χ1v) is 6.44. The third kappa shape index (κ3) is 4.32. The molecule has 1 aromatic rings. The van der Waals surface area contributed by atoms with E-state index in [0.717, 1.165) is 23.0 Å². The molecule has 0 heterocycles. The first-order valence-electron chi connectivity index (χ1n) is 5.69. The molecule has 1 nitrogen and oxygen atoms in total. The van der Waals surface area contributed by atoms with E-state index >= 15 is 0 Å². The van der Waals surface area contributed by atoms with Crippen LogP contribution in [0.4, 0.5) is 0 Å². The summed E-state index contributed by atoms with van der Waals surface area (Å²) in [5, 5.41) is 4.88. The van der Waals surface area contributed by atoms with Gasteiger partial charge in [0.1, 0.15) is 0 Å². The molecule has 1 N–H and O–H groups in total. The highest BCUT2D eigenvalue weighted by atomic mass is 35.5. The molecule has 0 aliphatic heterocycles. The van der Waals surface area contributed by atoms with Crippen molar-refractivity contribution in [2.75, 3.05) is 6.54 Å². The number of nitrogens with one attached hydrogen (secondary N) is 1.